The minimum Gasteiger partial charge on any atom is -0.458 e. The Kier molecular flexibility index (Phi) is 7.67. The Morgan fingerprint density at radius 3 is 1.83 bits per heavy atom. The Labute approximate surface area is 145 Å². The number of amides is 1. The van der Waals surface area contributed by atoms with Crippen LogP contribution in [0.3, 0.4) is 0 Å². The van der Waals surface area contributed by atoms with Crippen molar-refractivity contribution in [1.29, 1.82) is 0 Å². The molecule has 0 aromatic heterocycles. The van der Waals surface area contributed by atoms with Crippen LogP contribution in [-0.2, 0) is 19.1 Å². The van der Waals surface area contributed by atoms with Gasteiger partial charge in [-0.3, -0.25) is 4.79 Å². The molecule has 0 aliphatic carbocycles. The average Bonchev–Trinajstić information content (AvgIpc) is 2.29. The fourth-order valence-corrected chi connectivity index (χ4v) is 1.97. The first-order valence-corrected chi connectivity index (χ1v) is 8.25. The second-order valence-corrected chi connectivity index (χ2v) is 8.31. The number of hydrogen-bond acceptors (Lipinski definition) is 6. The number of thioether (sulfide) groups is 1. The summed E-state index contributed by atoms with van der Waals surface area (Å²) in [7, 11) is 0. The van der Waals surface area contributed by atoms with Gasteiger partial charge in [0.2, 0.25) is 0 Å². The standard InChI is InChI=1S/C15H25F2NO5S/c1-9(19)24-8-15(16,17)10(11(20)22-13(2,3)4)18-12(21)23-14(5,6)7/h10H,8H2,1-7H3,(H,18,21)/t10-/m1/s1. The van der Waals surface area contributed by atoms with Gasteiger partial charge in [-0.2, -0.15) is 0 Å². The molecule has 0 spiro atoms. The van der Waals surface area contributed by atoms with Crippen molar-refractivity contribution in [2.45, 2.75) is 71.6 Å². The molecule has 0 heterocycles. The van der Waals surface area contributed by atoms with Gasteiger partial charge in [-0.25, -0.2) is 18.4 Å². The molecule has 0 unspecified atom stereocenters. The lowest BCUT2D eigenvalue weighted by atomic mass is 10.1. The predicted molar refractivity (Wildman–Crippen MR) is 87.1 cm³/mol. The van der Waals surface area contributed by atoms with Crippen LogP contribution >= 0.6 is 11.8 Å². The number of alkyl halides is 2. The topological polar surface area (TPSA) is 81.7 Å². The zero-order valence-electron chi connectivity index (χ0n) is 15.0. The predicted octanol–water partition coefficient (Wildman–Crippen LogP) is 3.14. The van der Waals surface area contributed by atoms with E-state index in [4.69, 9.17) is 9.47 Å². The number of carbonyl (C=O) groups excluding carboxylic acids is 3. The molecule has 1 N–H and O–H groups in total. The van der Waals surface area contributed by atoms with Crippen molar-refractivity contribution in [2.75, 3.05) is 5.75 Å². The molecule has 1 amide bonds. The monoisotopic (exact) mass is 369 g/mol. The van der Waals surface area contributed by atoms with E-state index in [2.05, 4.69) is 0 Å². The lowest BCUT2D eigenvalue weighted by Gasteiger charge is -2.30. The number of hydrogen-bond donors (Lipinski definition) is 1. The fraction of sp³-hybridized carbons (Fsp3) is 0.800. The highest BCUT2D eigenvalue weighted by atomic mass is 32.2. The van der Waals surface area contributed by atoms with Crippen LogP contribution < -0.4 is 5.32 Å². The van der Waals surface area contributed by atoms with Crippen molar-refractivity contribution < 1.29 is 32.6 Å². The molecule has 0 fully saturated rings. The Morgan fingerprint density at radius 2 is 1.46 bits per heavy atom. The molecule has 140 valence electrons. The van der Waals surface area contributed by atoms with Gasteiger partial charge >= 0.3 is 12.1 Å². The van der Waals surface area contributed by atoms with Gasteiger partial charge in [-0.15, -0.1) is 0 Å². The molecular formula is C15H25F2NO5S. The summed E-state index contributed by atoms with van der Waals surface area (Å²) in [5.41, 5.74) is -1.94. The van der Waals surface area contributed by atoms with Gasteiger partial charge in [0.25, 0.3) is 5.92 Å². The number of rotatable bonds is 5. The molecule has 0 aromatic rings. The van der Waals surface area contributed by atoms with Crippen LogP contribution in [-0.4, -0.2) is 46.1 Å². The summed E-state index contributed by atoms with van der Waals surface area (Å²) in [6.07, 6.45) is -1.18. The SMILES string of the molecule is CC(=O)SCC(F)(F)[C@H](NC(=O)OC(C)(C)C)C(=O)OC(C)(C)C. The van der Waals surface area contributed by atoms with Crippen LogP contribution in [0, 0.1) is 0 Å². The van der Waals surface area contributed by atoms with Gasteiger partial charge in [0.1, 0.15) is 11.2 Å². The van der Waals surface area contributed by atoms with E-state index in [9.17, 15) is 23.2 Å². The third-order valence-corrected chi connectivity index (χ3v) is 3.13. The largest absolute Gasteiger partial charge is 0.458 e. The summed E-state index contributed by atoms with van der Waals surface area (Å²) in [5, 5.41) is 1.32. The lowest BCUT2D eigenvalue weighted by molar-refractivity contribution is -0.166. The minimum absolute atomic E-state index is 0.353. The normalized spacial score (nSPS) is 13.9. The maximum absolute atomic E-state index is 14.3. The number of alkyl carbamates (subject to hydrolysis) is 1. The van der Waals surface area contributed by atoms with Gasteiger partial charge in [0.05, 0.1) is 5.75 Å². The van der Waals surface area contributed by atoms with Crippen LogP contribution in [0.1, 0.15) is 48.5 Å². The lowest BCUT2D eigenvalue weighted by Crippen LogP contribution is -2.56. The van der Waals surface area contributed by atoms with Crippen molar-refractivity contribution >= 4 is 28.9 Å². The van der Waals surface area contributed by atoms with E-state index in [0.29, 0.717) is 11.8 Å². The second-order valence-electron chi connectivity index (χ2n) is 7.15. The minimum atomic E-state index is -3.70. The van der Waals surface area contributed by atoms with E-state index in [1.807, 2.05) is 5.32 Å². The summed E-state index contributed by atoms with van der Waals surface area (Å²) in [5.74, 6) is -5.97. The van der Waals surface area contributed by atoms with Crippen LogP contribution in [0.4, 0.5) is 13.6 Å². The van der Waals surface area contributed by atoms with Crippen molar-refractivity contribution in [2.24, 2.45) is 0 Å². The first-order valence-electron chi connectivity index (χ1n) is 7.27. The first kappa shape index (κ1) is 22.6. The van der Waals surface area contributed by atoms with Crippen molar-refractivity contribution in [1.82, 2.24) is 5.32 Å². The molecule has 0 bridgehead atoms. The highest BCUT2D eigenvalue weighted by Gasteiger charge is 2.48. The summed E-state index contributed by atoms with van der Waals surface area (Å²) in [6, 6.07) is -2.27. The molecule has 0 aliphatic heterocycles. The third-order valence-electron chi connectivity index (χ3n) is 2.19. The van der Waals surface area contributed by atoms with E-state index < -0.39 is 46.1 Å². The Bertz CT molecular complexity index is 483. The molecule has 24 heavy (non-hydrogen) atoms. The first-order chi connectivity index (χ1) is 10.5. The Morgan fingerprint density at radius 1 is 1.00 bits per heavy atom. The van der Waals surface area contributed by atoms with E-state index >= 15 is 0 Å². The molecule has 9 heteroatoms. The van der Waals surface area contributed by atoms with Crippen LogP contribution in [0.25, 0.3) is 0 Å². The average molecular weight is 369 g/mol. The molecule has 0 aliphatic rings. The molecule has 0 saturated heterocycles. The molecule has 1 atom stereocenters. The van der Waals surface area contributed by atoms with E-state index in [0.717, 1.165) is 6.92 Å². The summed E-state index contributed by atoms with van der Waals surface area (Å²) in [6.45, 7) is 10.3. The van der Waals surface area contributed by atoms with Crippen molar-refractivity contribution in [3.05, 3.63) is 0 Å². The third kappa shape index (κ3) is 9.69. The summed E-state index contributed by atoms with van der Waals surface area (Å²) < 4.78 is 38.5. The molecular weight excluding hydrogens is 344 g/mol. The van der Waals surface area contributed by atoms with Crippen LogP contribution in [0.15, 0.2) is 0 Å². The number of halogens is 2. The zero-order valence-corrected chi connectivity index (χ0v) is 15.8. The fourth-order valence-electron chi connectivity index (χ4n) is 1.40. The van der Waals surface area contributed by atoms with E-state index in [-0.39, 0.29) is 0 Å². The maximum atomic E-state index is 14.3. The van der Waals surface area contributed by atoms with Gasteiger partial charge < -0.3 is 14.8 Å². The highest BCUT2D eigenvalue weighted by molar-refractivity contribution is 8.13. The number of carbonyl (C=O) groups is 3. The molecule has 0 rings (SSSR count). The number of ether oxygens (including phenoxy) is 2. The van der Waals surface area contributed by atoms with Crippen molar-refractivity contribution in [3.63, 3.8) is 0 Å². The Balaban J connectivity index is 5.31. The summed E-state index contributed by atoms with van der Waals surface area (Å²) >= 11 is 0.353. The summed E-state index contributed by atoms with van der Waals surface area (Å²) in [4.78, 5) is 34.8. The zero-order chi connectivity index (χ0) is 19.3. The van der Waals surface area contributed by atoms with E-state index in [1.54, 1.807) is 20.8 Å². The van der Waals surface area contributed by atoms with Crippen molar-refractivity contribution in [3.8, 4) is 0 Å². The number of esters is 1. The van der Waals surface area contributed by atoms with Crippen LogP contribution in [0.5, 0.6) is 0 Å². The van der Waals surface area contributed by atoms with Gasteiger partial charge in [-0.05, 0) is 41.5 Å². The van der Waals surface area contributed by atoms with Crippen LogP contribution in [0.2, 0.25) is 0 Å². The highest BCUT2D eigenvalue weighted by Crippen LogP contribution is 2.27. The smallest absolute Gasteiger partial charge is 0.408 e. The van der Waals surface area contributed by atoms with E-state index in [1.165, 1.54) is 20.8 Å². The van der Waals surface area contributed by atoms with Gasteiger partial charge in [-0.1, -0.05) is 11.8 Å². The quantitative estimate of drug-likeness (QED) is 0.750. The Hall–Kier alpha value is -1.38. The van der Waals surface area contributed by atoms with Gasteiger partial charge in [0.15, 0.2) is 11.2 Å². The molecule has 0 saturated carbocycles. The number of nitrogens with one attached hydrogen (secondary N) is 1. The molecule has 0 aromatic carbocycles. The molecule has 6 nitrogen and oxygen atoms in total. The second kappa shape index (κ2) is 8.13. The maximum Gasteiger partial charge on any atom is 0.408 e. The molecule has 0 radical (unpaired) electrons. The van der Waals surface area contributed by atoms with Gasteiger partial charge in [0, 0.05) is 6.92 Å².